The molecule has 3 unspecified atom stereocenters. The third-order valence-corrected chi connectivity index (χ3v) is 4.96. The normalized spacial score (nSPS) is 22.2. The molecule has 30 heavy (non-hydrogen) atoms. The molecule has 10 heteroatoms. The summed E-state index contributed by atoms with van der Waals surface area (Å²) >= 11 is 0. The van der Waals surface area contributed by atoms with Gasteiger partial charge in [-0.05, 0) is 66.2 Å². The summed E-state index contributed by atoms with van der Waals surface area (Å²) in [6, 6.07) is -2.07. The molecular formula is C20H35N3O7. The van der Waals surface area contributed by atoms with Gasteiger partial charge in [-0.25, -0.2) is 9.59 Å². The minimum absolute atomic E-state index is 0.193. The molecule has 0 bridgehead atoms. The van der Waals surface area contributed by atoms with Gasteiger partial charge in [0.15, 0.2) is 6.04 Å². The van der Waals surface area contributed by atoms with Gasteiger partial charge in [0.2, 0.25) is 11.8 Å². The van der Waals surface area contributed by atoms with Crippen LogP contribution in [-0.2, 0) is 19.1 Å². The van der Waals surface area contributed by atoms with E-state index in [2.05, 4.69) is 16.0 Å². The van der Waals surface area contributed by atoms with E-state index >= 15 is 0 Å². The number of hydrogen-bond donors (Lipinski definition) is 5. The molecule has 0 saturated heterocycles. The maximum atomic E-state index is 12.3. The molecule has 0 aromatic heterocycles. The van der Waals surface area contributed by atoms with Crippen LogP contribution in [0.4, 0.5) is 4.79 Å². The summed E-state index contributed by atoms with van der Waals surface area (Å²) < 4.78 is 5.12. The first-order valence-electron chi connectivity index (χ1n) is 10.3. The number of alkyl carbamates (subject to hydrolysis) is 1. The first kappa shape index (κ1) is 25.7. The number of hydrogen-bond acceptors (Lipinski definition) is 6. The van der Waals surface area contributed by atoms with Gasteiger partial charge in [-0.1, -0.05) is 0 Å². The highest BCUT2D eigenvalue weighted by atomic mass is 16.6. The summed E-state index contributed by atoms with van der Waals surface area (Å²) in [5.74, 6) is -2.09. The molecule has 0 aliphatic heterocycles. The molecule has 0 heterocycles. The van der Waals surface area contributed by atoms with Gasteiger partial charge in [-0.15, -0.1) is 0 Å². The third kappa shape index (κ3) is 8.98. The minimum Gasteiger partial charge on any atom is -0.480 e. The van der Waals surface area contributed by atoms with Crippen molar-refractivity contribution in [3.8, 4) is 0 Å². The van der Waals surface area contributed by atoms with Gasteiger partial charge in [0, 0.05) is 12.5 Å². The zero-order valence-electron chi connectivity index (χ0n) is 18.4. The average molecular weight is 430 g/mol. The van der Waals surface area contributed by atoms with E-state index in [1.807, 2.05) is 0 Å². The number of carbonyl (C=O) groups excluding carboxylic acids is 3. The Labute approximate surface area is 177 Å². The molecule has 5 N–H and O–H groups in total. The van der Waals surface area contributed by atoms with Gasteiger partial charge < -0.3 is 30.9 Å². The van der Waals surface area contributed by atoms with Crippen LogP contribution in [0.15, 0.2) is 0 Å². The Morgan fingerprint density at radius 2 is 1.60 bits per heavy atom. The van der Waals surface area contributed by atoms with Crippen molar-refractivity contribution in [1.82, 2.24) is 16.0 Å². The van der Waals surface area contributed by atoms with Crippen LogP contribution in [0.25, 0.3) is 0 Å². The first-order valence-corrected chi connectivity index (χ1v) is 10.3. The monoisotopic (exact) mass is 429 g/mol. The summed E-state index contributed by atoms with van der Waals surface area (Å²) in [6.45, 7) is 8.53. The molecule has 0 aromatic carbocycles. The van der Waals surface area contributed by atoms with Crippen molar-refractivity contribution in [2.24, 2.45) is 11.8 Å². The van der Waals surface area contributed by atoms with Gasteiger partial charge in [0.25, 0.3) is 0 Å². The van der Waals surface area contributed by atoms with E-state index in [0.717, 1.165) is 0 Å². The lowest BCUT2D eigenvalue weighted by Crippen LogP contribution is -2.50. The van der Waals surface area contributed by atoms with E-state index in [1.165, 1.54) is 6.92 Å². The van der Waals surface area contributed by atoms with Crippen LogP contribution in [0.1, 0.15) is 60.3 Å². The average Bonchev–Trinajstić information content (AvgIpc) is 2.62. The number of aliphatic carboxylic acids is 1. The number of carboxylic acids is 1. The Morgan fingerprint density at radius 3 is 2.07 bits per heavy atom. The summed E-state index contributed by atoms with van der Waals surface area (Å²) in [5.41, 5.74) is -0.648. The van der Waals surface area contributed by atoms with Crippen LogP contribution < -0.4 is 16.0 Å². The van der Waals surface area contributed by atoms with Gasteiger partial charge in [0.05, 0.1) is 6.10 Å². The molecule has 0 aromatic rings. The lowest BCUT2D eigenvalue weighted by Gasteiger charge is -2.29. The molecule has 3 amide bonds. The summed E-state index contributed by atoms with van der Waals surface area (Å²) in [4.78, 5) is 47.3. The number of ether oxygens (including phenoxy) is 1. The molecule has 1 aliphatic carbocycles. The van der Waals surface area contributed by atoms with E-state index < -0.39 is 35.9 Å². The van der Waals surface area contributed by atoms with Crippen LogP contribution in [0.3, 0.4) is 0 Å². The van der Waals surface area contributed by atoms with E-state index in [9.17, 15) is 24.3 Å². The summed E-state index contributed by atoms with van der Waals surface area (Å²) in [6.07, 6.45) is 0.717. The topological polar surface area (TPSA) is 154 Å². The number of rotatable bonds is 8. The van der Waals surface area contributed by atoms with E-state index in [0.29, 0.717) is 32.2 Å². The van der Waals surface area contributed by atoms with Crippen molar-refractivity contribution in [2.45, 2.75) is 84.1 Å². The highest BCUT2D eigenvalue weighted by Gasteiger charge is 2.31. The highest BCUT2D eigenvalue weighted by molar-refractivity contribution is 5.86. The van der Waals surface area contributed by atoms with Crippen molar-refractivity contribution in [1.29, 1.82) is 0 Å². The molecular weight excluding hydrogens is 394 g/mol. The fourth-order valence-corrected chi connectivity index (χ4v) is 3.24. The van der Waals surface area contributed by atoms with Crippen molar-refractivity contribution in [2.75, 3.05) is 6.54 Å². The van der Waals surface area contributed by atoms with Crippen LogP contribution in [0.5, 0.6) is 0 Å². The number of carbonyl (C=O) groups is 4. The maximum absolute atomic E-state index is 12.3. The number of aliphatic hydroxyl groups excluding tert-OH is 1. The predicted molar refractivity (Wildman–Crippen MR) is 109 cm³/mol. The maximum Gasteiger partial charge on any atom is 0.408 e. The second kappa shape index (κ2) is 11.1. The van der Waals surface area contributed by atoms with E-state index in [1.54, 1.807) is 27.7 Å². The Morgan fingerprint density at radius 1 is 1.03 bits per heavy atom. The molecule has 0 spiro atoms. The molecule has 0 radical (unpaired) electrons. The van der Waals surface area contributed by atoms with Crippen LogP contribution in [0, 0.1) is 11.8 Å². The molecule has 172 valence electrons. The van der Waals surface area contributed by atoms with Crippen molar-refractivity contribution >= 4 is 23.9 Å². The van der Waals surface area contributed by atoms with E-state index in [-0.39, 0.29) is 23.7 Å². The van der Waals surface area contributed by atoms with Gasteiger partial charge >= 0.3 is 12.1 Å². The highest BCUT2D eigenvalue weighted by Crippen LogP contribution is 2.28. The van der Waals surface area contributed by atoms with Crippen LogP contribution >= 0.6 is 0 Å². The quantitative estimate of drug-likeness (QED) is 0.382. The Bertz CT molecular complexity index is 622. The molecule has 1 rings (SSSR count). The first-order chi connectivity index (χ1) is 13.8. The largest absolute Gasteiger partial charge is 0.480 e. The molecule has 1 saturated carbocycles. The predicted octanol–water partition coefficient (Wildman–Crippen LogP) is 0.772. The van der Waals surface area contributed by atoms with Crippen LogP contribution in [-0.4, -0.2) is 64.4 Å². The van der Waals surface area contributed by atoms with Gasteiger partial charge in [-0.2, -0.15) is 0 Å². The smallest absolute Gasteiger partial charge is 0.408 e. The lowest BCUT2D eigenvalue weighted by molar-refractivity contribution is -0.145. The molecule has 1 fully saturated rings. The van der Waals surface area contributed by atoms with Crippen molar-refractivity contribution in [3.05, 3.63) is 0 Å². The molecule has 1 aliphatic rings. The zero-order chi connectivity index (χ0) is 23.1. The second-order valence-electron chi connectivity index (χ2n) is 8.90. The van der Waals surface area contributed by atoms with Gasteiger partial charge in [-0.3, -0.25) is 9.59 Å². The Hall–Kier alpha value is -2.36. The molecule has 3 atom stereocenters. The number of nitrogens with one attached hydrogen (secondary N) is 3. The van der Waals surface area contributed by atoms with Crippen LogP contribution in [0.2, 0.25) is 0 Å². The number of aliphatic hydroxyl groups is 1. The zero-order valence-corrected chi connectivity index (χ0v) is 18.4. The standard InChI is InChI=1S/C20H35N3O7/c1-11(22-19(29)30-20(3,4)5)16(25)21-10-13-6-8-14(9-7-13)17(26)23-15(12(2)24)18(27)28/h11-15,24H,6-10H2,1-5H3,(H,21,25)(H,22,29)(H,23,26)(H,27,28). The Balaban J connectivity index is 2.37. The number of carboxylic acid groups (broad SMARTS) is 1. The molecule has 10 nitrogen and oxygen atoms in total. The second-order valence-corrected chi connectivity index (χ2v) is 8.90. The van der Waals surface area contributed by atoms with E-state index in [4.69, 9.17) is 9.84 Å². The SMILES string of the molecule is CC(NC(=O)OC(C)(C)C)C(=O)NCC1CCC(C(=O)NC(C(=O)O)C(C)O)CC1. The van der Waals surface area contributed by atoms with Crippen molar-refractivity contribution in [3.63, 3.8) is 0 Å². The fraction of sp³-hybridized carbons (Fsp3) is 0.800. The minimum atomic E-state index is -1.33. The fourth-order valence-electron chi connectivity index (χ4n) is 3.24. The lowest BCUT2D eigenvalue weighted by atomic mass is 9.81. The summed E-state index contributed by atoms with van der Waals surface area (Å²) in [7, 11) is 0. The number of amides is 3. The Kier molecular flexibility index (Phi) is 9.54. The van der Waals surface area contributed by atoms with Crippen molar-refractivity contribution < 1.29 is 34.1 Å². The third-order valence-electron chi connectivity index (χ3n) is 4.96. The summed E-state index contributed by atoms with van der Waals surface area (Å²) in [5, 5.41) is 26.2. The van der Waals surface area contributed by atoms with Gasteiger partial charge in [0.1, 0.15) is 11.6 Å².